The van der Waals surface area contributed by atoms with E-state index >= 15 is 0 Å². The Morgan fingerprint density at radius 3 is 2.31 bits per heavy atom. The van der Waals surface area contributed by atoms with Crippen LogP contribution in [0, 0.1) is 0 Å². The maximum Gasteiger partial charge on any atom is 0.752 e. The van der Waals surface area contributed by atoms with Crippen molar-refractivity contribution < 1.29 is 22.5 Å². The zero-order valence-electron chi connectivity index (χ0n) is 7.13. The monoisotopic (exact) mass is 227 g/mol. The highest BCUT2D eigenvalue weighted by Crippen LogP contribution is 2.51. The number of hydrogen-bond acceptors (Lipinski definition) is 6. The first-order valence-corrected chi connectivity index (χ1v) is 6.04. The van der Waals surface area contributed by atoms with Gasteiger partial charge in [-0.1, -0.05) is 22.4 Å². The molecule has 2 N–H and O–H groups in total. The number of rotatable bonds is 3. The molecule has 0 aliphatic carbocycles. The van der Waals surface area contributed by atoms with E-state index < -0.39 is 22.4 Å². The lowest BCUT2D eigenvalue weighted by molar-refractivity contribution is -0.129. The van der Waals surface area contributed by atoms with Gasteiger partial charge in [0.15, 0.2) is 4.31 Å². The summed E-state index contributed by atoms with van der Waals surface area (Å²) in [4.78, 5) is 0. The first kappa shape index (κ1) is 11.1. The fourth-order valence-electron chi connectivity index (χ4n) is 0.871. The topological polar surface area (TPSA) is 87.9 Å². The Morgan fingerprint density at radius 1 is 1.31 bits per heavy atom. The average molecular weight is 227 g/mol. The summed E-state index contributed by atoms with van der Waals surface area (Å²) in [6.45, 7) is 1.96. The summed E-state index contributed by atoms with van der Waals surface area (Å²) >= 11 is 0. The van der Waals surface area contributed by atoms with Gasteiger partial charge in [0.1, 0.15) is 0 Å². The maximum absolute atomic E-state index is 10.8. The molecular weight excluding hydrogens is 216 g/mol. The molecule has 1 saturated heterocycles. The highest BCUT2D eigenvalue weighted by atomic mass is 31.2. The molecule has 0 amide bonds. The van der Waals surface area contributed by atoms with Gasteiger partial charge in [-0.3, -0.25) is 5.73 Å². The van der Waals surface area contributed by atoms with Crippen molar-refractivity contribution in [2.45, 2.75) is 32.1 Å². The second-order valence-corrected chi connectivity index (χ2v) is 4.54. The van der Waals surface area contributed by atoms with E-state index in [1.807, 2.05) is 6.92 Å². The summed E-state index contributed by atoms with van der Waals surface area (Å²) < 4.78 is 35.3. The lowest BCUT2D eigenvalue weighted by atomic mass is 10.2. The summed E-state index contributed by atoms with van der Waals surface area (Å²) in [6, 6.07) is 0. The molecule has 0 aromatic rings. The van der Waals surface area contributed by atoms with Gasteiger partial charge in [0.25, 0.3) is 0 Å². The van der Waals surface area contributed by atoms with E-state index in [9.17, 15) is 9.13 Å². The summed E-state index contributed by atoms with van der Waals surface area (Å²) in [5, 5.41) is 0. The van der Waals surface area contributed by atoms with Gasteiger partial charge in [-0.05, 0) is 6.42 Å². The smallest absolute Gasteiger partial charge is 0.272 e. The molecule has 13 heavy (non-hydrogen) atoms. The van der Waals surface area contributed by atoms with Crippen molar-refractivity contribution in [2.24, 2.45) is 5.73 Å². The molecule has 0 bridgehead atoms. The van der Waals surface area contributed by atoms with Crippen LogP contribution in [0.2, 0.25) is 0 Å². The van der Waals surface area contributed by atoms with Crippen LogP contribution in [0.15, 0.2) is 0 Å². The second-order valence-electron chi connectivity index (χ2n) is 2.63. The molecular formula is C5H11NO5P2+2. The third kappa shape index (κ3) is 3.35. The van der Waals surface area contributed by atoms with E-state index in [4.69, 9.17) is 14.8 Å². The van der Waals surface area contributed by atoms with Crippen molar-refractivity contribution in [3.05, 3.63) is 0 Å². The second kappa shape index (κ2) is 4.51. The molecule has 0 radical (unpaired) electrons. The average Bonchev–Trinajstić information content (AvgIpc) is 1.98. The molecule has 1 rings (SSSR count). The van der Waals surface area contributed by atoms with E-state index in [0.717, 1.165) is 12.8 Å². The molecule has 0 aromatic carbocycles. The van der Waals surface area contributed by atoms with Crippen LogP contribution in [0.1, 0.15) is 26.2 Å². The van der Waals surface area contributed by atoms with Crippen LogP contribution in [0.25, 0.3) is 0 Å². The molecule has 1 aliphatic heterocycles. The van der Waals surface area contributed by atoms with Crippen molar-refractivity contribution >= 4 is 16.5 Å². The van der Waals surface area contributed by atoms with Crippen molar-refractivity contribution in [3.8, 4) is 0 Å². The van der Waals surface area contributed by atoms with Crippen LogP contribution in [-0.4, -0.2) is 5.91 Å². The van der Waals surface area contributed by atoms with Crippen molar-refractivity contribution in [2.75, 3.05) is 0 Å². The van der Waals surface area contributed by atoms with Gasteiger partial charge >= 0.3 is 22.4 Å². The fraction of sp³-hybridized carbons (Fsp3) is 1.00. The minimum absolute atomic E-state index is 0.342. The number of hydrogen-bond donors (Lipinski definition) is 1. The largest absolute Gasteiger partial charge is 0.752 e. The van der Waals surface area contributed by atoms with Gasteiger partial charge in [-0.2, -0.15) is 0 Å². The minimum Gasteiger partial charge on any atom is -0.272 e. The van der Waals surface area contributed by atoms with E-state index in [1.54, 1.807) is 0 Å². The summed E-state index contributed by atoms with van der Waals surface area (Å²) in [5.41, 5.74) is 5.53. The van der Waals surface area contributed by atoms with Crippen LogP contribution in [0.3, 0.4) is 0 Å². The normalized spacial score (nSPS) is 34.9. The van der Waals surface area contributed by atoms with Gasteiger partial charge in [-0.15, -0.1) is 0 Å². The van der Waals surface area contributed by atoms with Gasteiger partial charge in [0.2, 0.25) is 0 Å². The fourth-order valence-corrected chi connectivity index (χ4v) is 2.39. The maximum atomic E-state index is 10.8. The molecule has 0 spiro atoms. The number of unbranched alkanes of at least 4 members (excludes halogenated alkanes) is 1. The molecule has 6 nitrogen and oxygen atoms in total. The highest BCUT2D eigenvalue weighted by Gasteiger charge is 2.59. The number of nitrogens with two attached hydrogens (primary N) is 1. The molecule has 1 aliphatic rings. The van der Waals surface area contributed by atoms with Crippen molar-refractivity contribution in [1.82, 2.24) is 0 Å². The predicted molar refractivity (Wildman–Crippen MR) is 44.9 cm³/mol. The van der Waals surface area contributed by atoms with E-state index in [2.05, 4.69) is 4.31 Å². The Kier molecular flexibility index (Phi) is 3.86. The Balaban J connectivity index is 2.55. The molecule has 0 saturated carbocycles. The first-order chi connectivity index (χ1) is 6.06. The standard InChI is InChI=1S/C5H11NO5P2/c1-2-3-4-5(6)9-12(7)11-13(8)10-5/h2-4,6H2,1H3/q+2. The van der Waals surface area contributed by atoms with E-state index in [1.165, 1.54) is 0 Å². The van der Waals surface area contributed by atoms with Crippen LogP contribution in [0.5, 0.6) is 0 Å². The Hall–Kier alpha value is 0.0400. The summed E-state index contributed by atoms with van der Waals surface area (Å²) in [5.74, 6) is -1.52. The van der Waals surface area contributed by atoms with Crippen LogP contribution in [-0.2, 0) is 22.5 Å². The Morgan fingerprint density at radius 2 is 1.85 bits per heavy atom. The molecule has 2 unspecified atom stereocenters. The lowest BCUT2D eigenvalue weighted by Crippen LogP contribution is -2.43. The SMILES string of the molecule is CCCCC1(N)O[P+](=O)O[P+](=O)O1. The highest BCUT2D eigenvalue weighted by molar-refractivity contribution is 7.48. The van der Waals surface area contributed by atoms with Crippen molar-refractivity contribution in [1.29, 1.82) is 0 Å². The van der Waals surface area contributed by atoms with Crippen LogP contribution in [0.4, 0.5) is 0 Å². The first-order valence-electron chi connectivity index (χ1n) is 3.85. The molecule has 2 atom stereocenters. The molecule has 1 heterocycles. The van der Waals surface area contributed by atoms with Crippen LogP contribution >= 0.6 is 16.5 Å². The van der Waals surface area contributed by atoms with Gasteiger partial charge in [0, 0.05) is 15.6 Å². The summed E-state index contributed by atoms with van der Waals surface area (Å²) in [7, 11) is -4.84. The molecule has 74 valence electrons. The molecule has 1 fully saturated rings. The predicted octanol–water partition coefficient (Wildman–Crippen LogP) is 2.17. The van der Waals surface area contributed by atoms with Crippen molar-refractivity contribution in [3.63, 3.8) is 0 Å². The Bertz CT molecular complexity index is 217. The zero-order valence-corrected chi connectivity index (χ0v) is 8.92. The third-order valence-electron chi connectivity index (χ3n) is 1.47. The van der Waals surface area contributed by atoms with Gasteiger partial charge < -0.3 is 0 Å². The van der Waals surface area contributed by atoms with E-state index in [0.29, 0.717) is 6.42 Å². The Labute approximate surface area is 77.6 Å². The minimum atomic E-state index is -2.42. The summed E-state index contributed by atoms with van der Waals surface area (Å²) in [6.07, 6.45) is 1.97. The van der Waals surface area contributed by atoms with Crippen LogP contribution < -0.4 is 5.73 Å². The van der Waals surface area contributed by atoms with E-state index in [-0.39, 0.29) is 0 Å². The third-order valence-corrected chi connectivity index (χ3v) is 3.45. The zero-order chi connectivity index (χ0) is 9.90. The molecule has 0 aromatic heterocycles. The lowest BCUT2D eigenvalue weighted by Gasteiger charge is -2.15. The van der Waals surface area contributed by atoms with Gasteiger partial charge in [-0.25, -0.2) is 0 Å². The van der Waals surface area contributed by atoms with Gasteiger partial charge in [0.05, 0.1) is 0 Å². The quantitative estimate of drug-likeness (QED) is 0.743. The molecule has 8 heteroatoms.